The Bertz CT molecular complexity index is 1760. The average molecular weight is 598 g/mol. The number of hydrogen-bond donors (Lipinski definition) is 2. The highest BCUT2D eigenvalue weighted by Crippen LogP contribution is 2.31. The minimum absolute atomic E-state index is 0.0465. The number of nitrogens with zero attached hydrogens (tertiary/aromatic N) is 3. The fourth-order valence-electron chi connectivity index (χ4n) is 4.72. The molecule has 0 saturated carbocycles. The molecule has 0 unspecified atom stereocenters. The number of non-ortho nitro benzene ring substituents is 1. The molecular formula is C31H27N5O6S. The van der Waals surface area contributed by atoms with Crippen molar-refractivity contribution >= 4 is 47.1 Å². The maximum absolute atomic E-state index is 13.1. The zero-order valence-corrected chi connectivity index (χ0v) is 24.3. The van der Waals surface area contributed by atoms with Gasteiger partial charge in [0.15, 0.2) is 0 Å². The summed E-state index contributed by atoms with van der Waals surface area (Å²) >= 11 is 1.50. The molecule has 1 saturated heterocycles. The predicted octanol–water partition coefficient (Wildman–Crippen LogP) is 5.69. The van der Waals surface area contributed by atoms with Crippen LogP contribution in [0.1, 0.15) is 17.0 Å². The molecule has 1 aromatic heterocycles. The van der Waals surface area contributed by atoms with Crippen LogP contribution >= 0.6 is 11.8 Å². The summed E-state index contributed by atoms with van der Waals surface area (Å²) < 4.78 is 7.27. The second-order valence-electron chi connectivity index (χ2n) is 9.64. The Morgan fingerprint density at radius 2 is 1.67 bits per heavy atom. The Morgan fingerprint density at radius 1 is 1.02 bits per heavy atom. The first-order valence-electron chi connectivity index (χ1n) is 13.1. The summed E-state index contributed by atoms with van der Waals surface area (Å²) in [5, 5.41) is 16.1. The molecule has 4 amide bonds. The smallest absolute Gasteiger partial charge is 0.329 e. The SMILES string of the molecule is COc1ccccc1NC(=O)CN1C(=O)N/C(=C/c2cc(C)n(-c3ccc(Sc4ccc([N+](=O)[O-])cc4)cc3)c2C)C1=O. The molecule has 218 valence electrons. The van der Waals surface area contributed by atoms with Crippen molar-refractivity contribution in [3.05, 3.63) is 112 Å². The first-order valence-corrected chi connectivity index (χ1v) is 14.0. The van der Waals surface area contributed by atoms with Crippen LogP contribution in [0.25, 0.3) is 11.8 Å². The van der Waals surface area contributed by atoms with Crippen molar-refractivity contribution in [2.75, 3.05) is 19.0 Å². The van der Waals surface area contributed by atoms with Crippen molar-refractivity contribution in [1.29, 1.82) is 0 Å². The lowest BCUT2D eigenvalue weighted by molar-refractivity contribution is -0.384. The quantitative estimate of drug-likeness (QED) is 0.109. The van der Waals surface area contributed by atoms with E-state index in [0.29, 0.717) is 11.4 Å². The van der Waals surface area contributed by atoms with Crippen LogP contribution in [-0.2, 0) is 9.59 Å². The fourth-order valence-corrected chi connectivity index (χ4v) is 5.53. The monoisotopic (exact) mass is 597 g/mol. The molecule has 1 aliphatic rings. The number of anilines is 1. The van der Waals surface area contributed by atoms with Gasteiger partial charge in [-0.25, -0.2) is 9.69 Å². The van der Waals surface area contributed by atoms with Crippen LogP contribution in [0.15, 0.2) is 94.4 Å². The van der Waals surface area contributed by atoms with E-state index in [1.807, 2.05) is 48.7 Å². The van der Waals surface area contributed by atoms with Gasteiger partial charge >= 0.3 is 6.03 Å². The highest BCUT2D eigenvalue weighted by atomic mass is 32.2. The van der Waals surface area contributed by atoms with Gasteiger partial charge in [-0.15, -0.1) is 0 Å². The highest BCUT2D eigenvalue weighted by molar-refractivity contribution is 7.99. The number of ether oxygens (including phenoxy) is 1. The van der Waals surface area contributed by atoms with Gasteiger partial charge in [0.05, 0.1) is 17.7 Å². The highest BCUT2D eigenvalue weighted by Gasteiger charge is 2.35. The third-order valence-corrected chi connectivity index (χ3v) is 7.81. The number of hydrogen-bond acceptors (Lipinski definition) is 7. The number of carbonyl (C=O) groups is 3. The van der Waals surface area contributed by atoms with Crippen LogP contribution in [0.4, 0.5) is 16.2 Å². The summed E-state index contributed by atoms with van der Waals surface area (Å²) in [6.07, 6.45) is 1.61. The maximum Gasteiger partial charge on any atom is 0.329 e. The molecule has 0 radical (unpaired) electrons. The summed E-state index contributed by atoms with van der Waals surface area (Å²) in [6, 6.07) is 22.3. The van der Waals surface area contributed by atoms with E-state index in [1.54, 1.807) is 42.5 Å². The molecule has 1 fully saturated rings. The minimum Gasteiger partial charge on any atom is -0.495 e. The van der Waals surface area contributed by atoms with Crippen LogP contribution in [-0.4, -0.2) is 45.9 Å². The van der Waals surface area contributed by atoms with Gasteiger partial charge in [0.2, 0.25) is 5.91 Å². The van der Waals surface area contributed by atoms with Crippen LogP contribution in [0, 0.1) is 24.0 Å². The number of amides is 4. The van der Waals surface area contributed by atoms with Crippen molar-refractivity contribution in [3.63, 3.8) is 0 Å². The van der Waals surface area contributed by atoms with E-state index < -0.39 is 29.3 Å². The molecule has 12 heteroatoms. The van der Waals surface area contributed by atoms with Crippen LogP contribution in [0.2, 0.25) is 0 Å². The Labute approximate surface area is 251 Å². The third-order valence-electron chi connectivity index (χ3n) is 6.79. The number of nitro benzene ring substituents is 1. The van der Waals surface area contributed by atoms with Crippen LogP contribution < -0.4 is 15.4 Å². The van der Waals surface area contributed by atoms with E-state index >= 15 is 0 Å². The van der Waals surface area contributed by atoms with Crippen molar-refractivity contribution < 1.29 is 24.0 Å². The number of imide groups is 1. The van der Waals surface area contributed by atoms with E-state index in [0.717, 1.165) is 37.3 Å². The molecular weight excluding hydrogens is 570 g/mol. The molecule has 0 bridgehead atoms. The van der Waals surface area contributed by atoms with Gasteiger partial charge in [-0.05, 0) is 80.1 Å². The van der Waals surface area contributed by atoms with E-state index in [2.05, 4.69) is 10.6 Å². The number of urea groups is 1. The normalized spacial score (nSPS) is 13.7. The van der Waals surface area contributed by atoms with Gasteiger partial charge in [0.25, 0.3) is 11.6 Å². The van der Waals surface area contributed by atoms with Crippen molar-refractivity contribution in [3.8, 4) is 11.4 Å². The number of rotatable bonds is 9. The number of para-hydroxylation sites is 2. The summed E-state index contributed by atoms with van der Waals surface area (Å²) in [4.78, 5) is 51.5. The predicted molar refractivity (Wildman–Crippen MR) is 162 cm³/mol. The van der Waals surface area contributed by atoms with Crippen LogP contribution in [0.5, 0.6) is 5.75 Å². The first kappa shape index (κ1) is 29.1. The molecule has 11 nitrogen and oxygen atoms in total. The number of aromatic nitrogens is 1. The number of methoxy groups -OCH3 is 1. The zero-order valence-electron chi connectivity index (χ0n) is 23.5. The van der Waals surface area contributed by atoms with E-state index in [-0.39, 0.29) is 11.4 Å². The van der Waals surface area contributed by atoms with E-state index in [9.17, 15) is 24.5 Å². The minimum atomic E-state index is -0.679. The summed E-state index contributed by atoms with van der Waals surface area (Å²) in [5.74, 6) is -0.679. The second kappa shape index (κ2) is 12.2. The molecule has 2 heterocycles. The van der Waals surface area contributed by atoms with Gasteiger partial charge < -0.3 is 19.9 Å². The standard InChI is InChI=1S/C31H27N5O6S/c1-19-16-21(17-27-30(38)34(31(39)33-27)18-29(37)32-26-6-4-5-7-28(26)42-3)20(2)35(19)22-8-12-24(13-9-22)43-25-14-10-23(11-15-25)36(40)41/h4-17H,18H2,1-3H3,(H,32,37)(H,33,39)/b27-17+. The molecule has 43 heavy (non-hydrogen) atoms. The summed E-state index contributed by atoms with van der Waals surface area (Å²) in [6.45, 7) is 3.40. The van der Waals surface area contributed by atoms with E-state index in [4.69, 9.17) is 4.74 Å². The van der Waals surface area contributed by atoms with Gasteiger partial charge in [-0.1, -0.05) is 23.9 Å². The molecule has 4 aromatic rings. The molecule has 2 N–H and O–H groups in total. The van der Waals surface area contributed by atoms with Gasteiger partial charge in [0.1, 0.15) is 18.0 Å². The fraction of sp³-hybridized carbons (Fsp3) is 0.129. The molecule has 1 aliphatic heterocycles. The lowest BCUT2D eigenvalue weighted by Gasteiger charge is -2.13. The number of aryl methyl sites for hydroxylation is 1. The molecule has 0 spiro atoms. The van der Waals surface area contributed by atoms with Crippen molar-refractivity contribution in [2.45, 2.75) is 23.6 Å². The number of carbonyl (C=O) groups excluding carboxylic acids is 3. The number of benzene rings is 3. The summed E-state index contributed by atoms with van der Waals surface area (Å²) in [7, 11) is 1.48. The number of nitro groups is 1. The van der Waals surface area contributed by atoms with Gasteiger partial charge in [0, 0.05) is 39.0 Å². The van der Waals surface area contributed by atoms with Crippen LogP contribution in [0.3, 0.4) is 0 Å². The molecule has 5 rings (SSSR count). The number of nitrogens with one attached hydrogen (secondary N) is 2. The summed E-state index contributed by atoms with van der Waals surface area (Å²) in [5.41, 5.74) is 3.98. The van der Waals surface area contributed by atoms with E-state index in [1.165, 1.54) is 31.0 Å². The maximum atomic E-state index is 13.1. The topological polar surface area (TPSA) is 136 Å². The van der Waals surface area contributed by atoms with Crippen molar-refractivity contribution in [2.24, 2.45) is 0 Å². The molecule has 3 aromatic carbocycles. The van der Waals surface area contributed by atoms with Gasteiger partial charge in [-0.2, -0.15) is 0 Å². The third kappa shape index (κ3) is 6.28. The van der Waals surface area contributed by atoms with Gasteiger partial charge in [-0.3, -0.25) is 19.7 Å². The Morgan fingerprint density at radius 3 is 2.33 bits per heavy atom. The second-order valence-corrected chi connectivity index (χ2v) is 10.8. The molecule has 0 aliphatic carbocycles. The lowest BCUT2D eigenvalue weighted by atomic mass is 10.2. The Balaban J connectivity index is 1.29. The Hall–Kier alpha value is -5.36. The average Bonchev–Trinajstić information content (AvgIpc) is 3.42. The van der Waals surface area contributed by atoms with Crippen molar-refractivity contribution in [1.82, 2.24) is 14.8 Å². The molecule has 0 atom stereocenters. The lowest BCUT2D eigenvalue weighted by Crippen LogP contribution is -2.38. The largest absolute Gasteiger partial charge is 0.495 e. The first-order chi connectivity index (χ1) is 20.6. The Kier molecular flexibility index (Phi) is 8.30. The zero-order chi connectivity index (χ0) is 30.7.